The van der Waals surface area contributed by atoms with E-state index >= 15 is 0 Å². The Morgan fingerprint density at radius 2 is 2.35 bits per heavy atom. The fourth-order valence-electron chi connectivity index (χ4n) is 2.75. The van der Waals surface area contributed by atoms with E-state index in [0.29, 0.717) is 6.10 Å². The molecule has 0 bridgehead atoms. The maximum absolute atomic E-state index is 5.94. The number of halogens is 1. The molecule has 2 aromatic rings. The van der Waals surface area contributed by atoms with Crippen molar-refractivity contribution in [3.8, 4) is 0 Å². The Labute approximate surface area is 126 Å². The van der Waals surface area contributed by atoms with E-state index in [1.165, 1.54) is 6.42 Å². The lowest BCUT2D eigenvalue weighted by atomic mass is 10.0. The molecule has 0 radical (unpaired) electrons. The van der Waals surface area contributed by atoms with Gasteiger partial charge in [-0.15, -0.1) is 0 Å². The summed E-state index contributed by atoms with van der Waals surface area (Å²) in [4.78, 5) is 0. The van der Waals surface area contributed by atoms with Crippen molar-refractivity contribution in [1.29, 1.82) is 0 Å². The molecule has 0 aliphatic carbocycles. The topological polar surface area (TPSA) is 60.4 Å². The van der Waals surface area contributed by atoms with Crippen molar-refractivity contribution in [2.24, 2.45) is 5.84 Å². The maximum atomic E-state index is 5.94. The van der Waals surface area contributed by atoms with E-state index in [-0.39, 0.29) is 6.04 Å². The van der Waals surface area contributed by atoms with E-state index in [2.05, 4.69) is 27.4 Å². The van der Waals surface area contributed by atoms with Gasteiger partial charge in [0, 0.05) is 12.0 Å². The summed E-state index contributed by atoms with van der Waals surface area (Å²) < 4.78 is 12.6. The van der Waals surface area contributed by atoms with Crippen LogP contribution in [0.4, 0.5) is 0 Å². The zero-order chi connectivity index (χ0) is 13.9. The number of hydrazine groups is 1. The molecule has 0 saturated carbocycles. The van der Waals surface area contributed by atoms with Gasteiger partial charge in [0.05, 0.1) is 16.6 Å². The van der Waals surface area contributed by atoms with Crippen molar-refractivity contribution < 1.29 is 9.15 Å². The standard InChI is InChI=1S/C15H19BrN2O2/c16-12-5-1-3-10-9-14(20-15(10)12)13(18-17)7-6-11-4-2-8-19-11/h1,3,5,9,11,13,18H,2,4,6-8,17H2. The van der Waals surface area contributed by atoms with Crippen LogP contribution in [0, 0.1) is 0 Å². The van der Waals surface area contributed by atoms with Crippen LogP contribution in [0.2, 0.25) is 0 Å². The number of para-hydroxylation sites is 1. The summed E-state index contributed by atoms with van der Waals surface area (Å²) in [5, 5.41) is 1.09. The fraction of sp³-hybridized carbons (Fsp3) is 0.467. The van der Waals surface area contributed by atoms with Gasteiger partial charge in [0.1, 0.15) is 11.3 Å². The Morgan fingerprint density at radius 1 is 1.45 bits per heavy atom. The predicted molar refractivity (Wildman–Crippen MR) is 82.2 cm³/mol. The van der Waals surface area contributed by atoms with Gasteiger partial charge in [-0.3, -0.25) is 5.84 Å². The fourth-order valence-corrected chi connectivity index (χ4v) is 3.21. The molecule has 1 aromatic heterocycles. The van der Waals surface area contributed by atoms with Crippen LogP contribution < -0.4 is 11.3 Å². The Balaban J connectivity index is 1.74. The van der Waals surface area contributed by atoms with Gasteiger partial charge in [-0.2, -0.15) is 0 Å². The van der Waals surface area contributed by atoms with Gasteiger partial charge in [-0.25, -0.2) is 5.43 Å². The summed E-state index contributed by atoms with van der Waals surface area (Å²) in [6, 6.07) is 8.11. The zero-order valence-electron chi connectivity index (χ0n) is 11.3. The molecule has 5 heteroatoms. The summed E-state index contributed by atoms with van der Waals surface area (Å²) in [7, 11) is 0. The summed E-state index contributed by atoms with van der Waals surface area (Å²) >= 11 is 3.51. The molecule has 108 valence electrons. The SMILES string of the molecule is NNC(CCC1CCCO1)c1cc2cccc(Br)c2o1. The second kappa shape index (κ2) is 6.26. The van der Waals surface area contributed by atoms with E-state index in [4.69, 9.17) is 15.0 Å². The zero-order valence-corrected chi connectivity index (χ0v) is 12.9. The lowest BCUT2D eigenvalue weighted by Gasteiger charge is -2.15. The first kappa shape index (κ1) is 14.1. The highest BCUT2D eigenvalue weighted by Gasteiger charge is 2.20. The number of nitrogens with one attached hydrogen (secondary N) is 1. The summed E-state index contributed by atoms with van der Waals surface area (Å²) in [5.41, 5.74) is 3.73. The molecule has 2 atom stereocenters. The highest BCUT2D eigenvalue weighted by atomic mass is 79.9. The number of hydrogen-bond donors (Lipinski definition) is 2. The average Bonchev–Trinajstić information content (AvgIpc) is 3.09. The molecule has 0 amide bonds. The van der Waals surface area contributed by atoms with E-state index in [9.17, 15) is 0 Å². The number of nitrogens with two attached hydrogens (primary N) is 1. The molecule has 2 heterocycles. The number of ether oxygens (including phenoxy) is 1. The van der Waals surface area contributed by atoms with Crippen LogP contribution in [0.3, 0.4) is 0 Å². The lowest BCUT2D eigenvalue weighted by molar-refractivity contribution is 0.0989. The van der Waals surface area contributed by atoms with Gasteiger partial charge < -0.3 is 9.15 Å². The van der Waals surface area contributed by atoms with Gasteiger partial charge in [0.25, 0.3) is 0 Å². The van der Waals surface area contributed by atoms with Crippen LogP contribution in [-0.2, 0) is 4.74 Å². The van der Waals surface area contributed by atoms with Crippen molar-refractivity contribution >= 4 is 26.9 Å². The molecule has 0 spiro atoms. The van der Waals surface area contributed by atoms with Crippen molar-refractivity contribution in [1.82, 2.24) is 5.43 Å². The minimum atomic E-state index is 0.0264. The van der Waals surface area contributed by atoms with Crippen LogP contribution >= 0.6 is 15.9 Å². The second-order valence-corrected chi connectivity index (χ2v) is 6.09. The Hall–Kier alpha value is -0.880. The quantitative estimate of drug-likeness (QED) is 0.645. The molecule has 20 heavy (non-hydrogen) atoms. The van der Waals surface area contributed by atoms with Gasteiger partial charge in [0.15, 0.2) is 0 Å². The normalized spacial score (nSPS) is 20.6. The number of furan rings is 1. The Morgan fingerprint density at radius 3 is 3.05 bits per heavy atom. The van der Waals surface area contributed by atoms with Crippen LogP contribution in [0.25, 0.3) is 11.0 Å². The smallest absolute Gasteiger partial charge is 0.148 e. The van der Waals surface area contributed by atoms with Crippen LogP contribution in [0.5, 0.6) is 0 Å². The number of fused-ring (bicyclic) bond motifs is 1. The van der Waals surface area contributed by atoms with Crippen LogP contribution in [-0.4, -0.2) is 12.7 Å². The lowest BCUT2D eigenvalue weighted by Crippen LogP contribution is -2.28. The third-order valence-corrected chi connectivity index (χ3v) is 4.49. The van der Waals surface area contributed by atoms with Gasteiger partial charge in [-0.05, 0) is 53.7 Å². The van der Waals surface area contributed by atoms with Gasteiger partial charge >= 0.3 is 0 Å². The molecule has 3 N–H and O–H groups in total. The van der Waals surface area contributed by atoms with Crippen LogP contribution in [0.1, 0.15) is 37.5 Å². The largest absolute Gasteiger partial charge is 0.458 e. The van der Waals surface area contributed by atoms with Crippen molar-refractivity contribution in [3.05, 3.63) is 34.5 Å². The molecule has 1 fully saturated rings. The molecular weight excluding hydrogens is 320 g/mol. The first-order valence-electron chi connectivity index (χ1n) is 7.03. The first-order chi connectivity index (χ1) is 9.78. The van der Waals surface area contributed by atoms with E-state index in [0.717, 1.165) is 47.1 Å². The van der Waals surface area contributed by atoms with E-state index < -0.39 is 0 Å². The Bertz CT molecular complexity index is 578. The molecule has 3 rings (SSSR count). The predicted octanol–water partition coefficient (Wildman–Crippen LogP) is 3.66. The third-order valence-electron chi connectivity index (χ3n) is 3.86. The van der Waals surface area contributed by atoms with E-state index in [1.807, 2.05) is 18.2 Å². The second-order valence-electron chi connectivity index (χ2n) is 5.24. The minimum Gasteiger partial charge on any atom is -0.458 e. The molecule has 1 aromatic carbocycles. The summed E-state index contributed by atoms with van der Waals surface area (Å²) in [6.45, 7) is 0.892. The number of rotatable bonds is 5. The monoisotopic (exact) mass is 338 g/mol. The molecular formula is C15H19BrN2O2. The summed E-state index contributed by atoms with van der Waals surface area (Å²) in [6.07, 6.45) is 4.62. The minimum absolute atomic E-state index is 0.0264. The van der Waals surface area contributed by atoms with Crippen molar-refractivity contribution in [2.45, 2.75) is 37.8 Å². The van der Waals surface area contributed by atoms with E-state index in [1.54, 1.807) is 0 Å². The molecule has 1 aliphatic rings. The molecule has 1 aliphatic heterocycles. The molecule has 2 unspecified atom stereocenters. The Kier molecular flexibility index (Phi) is 4.41. The average molecular weight is 339 g/mol. The maximum Gasteiger partial charge on any atom is 0.148 e. The number of benzene rings is 1. The van der Waals surface area contributed by atoms with Gasteiger partial charge in [0.2, 0.25) is 0 Å². The molecule has 1 saturated heterocycles. The van der Waals surface area contributed by atoms with Crippen molar-refractivity contribution in [2.75, 3.05) is 6.61 Å². The number of hydrogen-bond acceptors (Lipinski definition) is 4. The van der Waals surface area contributed by atoms with Crippen LogP contribution in [0.15, 0.2) is 33.2 Å². The first-order valence-corrected chi connectivity index (χ1v) is 7.83. The van der Waals surface area contributed by atoms with Crippen molar-refractivity contribution in [3.63, 3.8) is 0 Å². The highest BCUT2D eigenvalue weighted by Crippen LogP contribution is 2.31. The molecule has 4 nitrogen and oxygen atoms in total. The summed E-state index contributed by atoms with van der Waals surface area (Å²) in [5.74, 6) is 6.57. The highest BCUT2D eigenvalue weighted by molar-refractivity contribution is 9.10. The third kappa shape index (κ3) is 2.91. The van der Waals surface area contributed by atoms with Gasteiger partial charge in [-0.1, -0.05) is 12.1 Å².